The third-order valence-corrected chi connectivity index (χ3v) is 3.06. The minimum Gasteiger partial charge on any atom is -0.459 e. The summed E-state index contributed by atoms with van der Waals surface area (Å²) in [5.74, 6) is -1.21. The van der Waals surface area contributed by atoms with Crippen molar-refractivity contribution in [1.29, 1.82) is 0 Å². The molecular formula is C15H17N3O5. The summed E-state index contributed by atoms with van der Waals surface area (Å²) < 4.78 is 6.73. The van der Waals surface area contributed by atoms with Crippen LogP contribution in [0.5, 0.6) is 0 Å². The zero-order chi connectivity index (χ0) is 17.4. The molecule has 0 radical (unpaired) electrons. The zero-order valence-corrected chi connectivity index (χ0v) is 13.0. The lowest BCUT2D eigenvalue weighted by Gasteiger charge is -2.19. The van der Waals surface area contributed by atoms with Gasteiger partial charge < -0.3 is 15.0 Å². The summed E-state index contributed by atoms with van der Waals surface area (Å²) in [5.41, 5.74) is 5.14. The van der Waals surface area contributed by atoms with E-state index in [1.54, 1.807) is 20.8 Å². The number of nitro groups is 1. The summed E-state index contributed by atoms with van der Waals surface area (Å²) in [5, 5.41) is 11.2. The molecular weight excluding hydrogens is 302 g/mol. The topological polar surface area (TPSA) is 117 Å². The van der Waals surface area contributed by atoms with Crippen molar-refractivity contribution in [2.45, 2.75) is 32.9 Å². The molecule has 122 valence electrons. The maximum Gasteiger partial charge on any atom is 0.326 e. The molecule has 0 aliphatic heterocycles. The summed E-state index contributed by atoms with van der Waals surface area (Å²) in [4.78, 5) is 33.8. The molecule has 8 heteroatoms. The van der Waals surface area contributed by atoms with Crippen LogP contribution in [0.4, 0.5) is 5.69 Å². The van der Waals surface area contributed by atoms with Crippen LogP contribution in [0.1, 0.15) is 31.1 Å². The lowest BCUT2D eigenvalue weighted by Crippen LogP contribution is -2.26. The molecule has 2 rings (SSSR count). The molecule has 0 unspecified atom stereocenters. The van der Waals surface area contributed by atoms with Gasteiger partial charge in [-0.2, -0.15) is 0 Å². The minimum absolute atomic E-state index is 0.118. The highest BCUT2D eigenvalue weighted by molar-refractivity contribution is 6.07. The maximum absolute atomic E-state index is 12.0. The fourth-order valence-electron chi connectivity index (χ4n) is 2.24. The number of esters is 1. The second-order valence-electron chi connectivity index (χ2n) is 6.08. The van der Waals surface area contributed by atoms with Gasteiger partial charge in [0.05, 0.1) is 10.5 Å². The van der Waals surface area contributed by atoms with Gasteiger partial charge in [-0.15, -0.1) is 0 Å². The molecule has 0 saturated heterocycles. The molecule has 1 aromatic carbocycles. The van der Waals surface area contributed by atoms with E-state index in [0.717, 1.165) is 0 Å². The van der Waals surface area contributed by atoms with Crippen LogP contribution in [0.3, 0.4) is 0 Å². The summed E-state index contributed by atoms with van der Waals surface area (Å²) in [6, 6.07) is 4.05. The summed E-state index contributed by atoms with van der Waals surface area (Å²) in [6.07, 6.45) is 1.40. The van der Waals surface area contributed by atoms with Crippen molar-refractivity contribution in [2.24, 2.45) is 5.73 Å². The highest BCUT2D eigenvalue weighted by Crippen LogP contribution is 2.26. The number of benzene rings is 1. The lowest BCUT2D eigenvalue weighted by atomic mass is 10.1. The number of aromatic nitrogens is 1. The van der Waals surface area contributed by atoms with Gasteiger partial charge in [0.15, 0.2) is 0 Å². The Bertz CT molecular complexity index is 801. The molecule has 0 spiro atoms. The molecule has 0 aliphatic rings. The first-order chi connectivity index (χ1) is 10.6. The van der Waals surface area contributed by atoms with E-state index < -0.39 is 22.4 Å². The van der Waals surface area contributed by atoms with Crippen LogP contribution in [0.25, 0.3) is 10.9 Å². The molecule has 1 aromatic heterocycles. The van der Waals surface area contributed by atoms with E-state index >= 15 is 0 Å². The van der Waals surface area contributed by atoms with Crippen molar-refractivity contribution < 1.29 is 19.2 Å². The van der Waals surface area contributed by atoms with Crippen LogP contribution in [0, 0.1) is 10.1 Å². The number of carbonyl (C=O) groups excluding carboxylic acids is 2. The molecule has 0 bridgehead atoms. The van der Waals surface area contributed by atoms with E-state index in [4.69, 9.17) is 10.5 Å². The van der Waals surface area contributed by atoms with Gasteiger partial charge >= 0.3 is 5.97 Å². The number of fused-ring (bicyclic) bond motifs is 1. The fraction of sp³-hybridized carbons (Fsp3) is 0.333. The summed E-state index contributed by atoms with van der Waals surface area (Å²) in [7, 11) is 0. The first-order valence-electron chi connectivity index (χ1n) is 6.87. The third kappa shape index (κ3) is 3.65. The maximum atomic E-state index is 12.0. The van der Waals surface area contributed by atoms with Crippen molar-refractivity contribution >= 4 is 28.5 Å². The second kappa shape index (κ2) is 5.71. The lowest BCUT2D eigenvalue weighted by molar-refractivity contribution is -0.384. The monoisotopic (exact) mass is 319 g/mol. The summed E-state index contributed by atoms with van der Waals surface area (Å²) in [6.45, 7) is 5.11. The Kier molecular flexibility index (Phi) is 4.09. The Morgan fingerprint density at radius 1 is 1.35 bits per heavy atom. The standard InChI is InChI=1S/C15H17N3O5/c1-15(2,3)23-13(19)8-17-7-11(14(16)20)10-6-9(18(21)22)4-5-12(10)17/h4-7H,8H2,1-3H3,(H2,16,20). The first-order valence-corrected chi connectivity index (χ1v) is 6.87. The van der Waals surface area contributed by atoms with E-state index in [-0.39, 0.29) is 17.8 Å². The van der Waals surface area contributed by atoms with Crippen molar-refractivity contribution in [3.63, 3.8) is 0 Å². The average molecular weight is 319 g/mol. The predicted molar refractivity (Wildman–Crippen MR) is 83.0 cm³/mol. The molecule has 0 saturated carbocycles. The largest absolute Gasteiger partial charge is 0.459 e. The molecule has 2 N–H and O–H groups in total. The number of hydrogen-bond donors (Lipinski definition) is 1. The van der Waals surface area contributed by atoms with Gasteiger partial charge in [-0.25, -0.2) is 0 Å². The number of carbonyl (C=O) groups is 2. The van der Waals surface area contributed by atoms with Crippen molar-refractivity contribution in [3.8, 4) is 0 Å². The van der Waals surface area contributed by atoms with Crippen LogP contribution in [-0.2, 0) is 16.1 Å². The Morgan fingerprint density at radius 3 is 2.52 bits per heavy atom. The van der Waals surface area contributed by atoms with Crippen LogP contribution >= 0.6 is 0 Å². The number of non-ortho nitro benzene ring substituents is 1. The van der Waals surface area contributed by atoms with Crippen molar-refractivity contribution in [1.82, 2.24) is 4.57 Å². The average Bonchev–Trinajstić information content (AvgIpc) is 2.74. The van der Waals surface area contributed by atoms with Crippen molar-refractivity contribution in [2.75, 3.05) is 0 Å². The number of hydrogen-bond acceptors (Lipinski definition) is 5. The molecule has 0 fully saturated rings. The number of ether oxygens (including phenoxy) is 1. The molecule has 0 aliphatic carbocycles. The molecule has 1 heterocycles. The Morgan fingerprint density at radius 2 is 2.00 bits per heavy atom. The number of amides is 1. The third-order valence-electron chi connectivity index (χ3n) is 3.06. The molecule has 23 heavy (non-hydrogen) atoms. The number of rotatable bonds is 4. The zero-order valence-electron chi connectivity index (χ0n) is 13.0. The van der Waals surface area contributed by atoms with Gasteiger partial charge in [-0.1, -0.05) is 0 Å². The van der Waals surface area contributed by atoms with E-state index in [2.05, 4.69) is 0 Å². The van der Waals surface area contributed by atoms with Crippen LogP contribution in [-0.4, -0.2) is 27.0 Å². The Balaban J connectivity index is 2.47. The highest BCUT2D eigenvalue weighted by atomic mass is 16.6. The van der Waals surface area contributed by atoms with E-state index in [9.17, 15) is 19.7 Å². The van der Waals surface area contributed by atoms with Crippen LogP contribution in [0.2, 0.25) is 0 Å². The van der Waals surface area contributed by atoms with Gasteiger partial charge in [-0.3, -0.25) is 19.7 Å². The number of nitrogens with two attached hydrogens (primary N) is 1. The number of nitrogens with zero attached hydrogens (tertiary/aromatic N) is 2. The minimum atomic E-state index is -0.724. The summed E-state index contributed by atoms with van der Waals surface area (Å²) >= 11 is 0. The van der Waals surface area contributed by atoms with Crippen molar-refractivity contribution in [3.05, 3.63) is 40.1 Å². The van der Waals surface area contributed by atoms with E-state index in [1.165, 1.54) is 29.0 Å². The molecule has 2 aromatic rings. The number of nitro benzene ring substituents is 1. The molecule has 8 nitrogen and oxygen atoms in total. The Hall–Kier alpha value is -2.90. The van der Waals surface area contributed by atoms with Gasteiger partial charge in [0.2, 0.25) is 0 Å². The van der Waals surface area contributed by atoms with Gasteiger partial charge in [0, 0.05) is 29.2 Å². The highest BCUT2D eigenvalue weighted by Gasteiger charge is 2.20. The molecule has 0 atom stereocenters. The fourth-order valence-corrected chi connectivity index (χ4v) is 2.24. The molecule has 1 amide bonds. The Labute approximate surface area is 132 Å². The van der Waals surface area contributed by atoms with Crippen LogP contribution in [0.15, 0.2) is 24.4 Å². The first kappa shape index (κ1) is 16.5. The normalized spacial score (nSPS) is 11.4. The van der Waals surface area contributed by atoms with Gasteiger partial charge in [0.1, 0.15) is 12.1 Å². The SMILES string of the molecule is CC(C)(C)OC(=O)Cn1cc(C(N)=O)c2cc([N+](=O)[O-])ccc21. The smallest absolute Gasteiger partial charge is 0.326 e. The van der Waals surface area contributed by atoms with E-state index in [1.807, 2.05) is 0 Å². The quantitative estimate of drug-likeness (QED) is 0.525. The van der Waals surface area contributed by atoms with Crippen LogP contribution < -0.4 is 5.73 Å². The predicted octanol–water partition coefficient (Wildman–Crippen LogP) is 1.99. The van der Waals surface area contributed by atoms with Gasteiger partial charge in [-0.05, 0) is 26.8 Å². The van der Waals surface area contributed by atoms with E-state index in [0.29, 0.717) is 10.9 Å². The van der Waals surface area contributed by atoms with Gasteiger partial charge in [0.25, 0.3) is 11.6 Å². The second-order valence-corrected chi connectivity index (χ2v) is 6.08. The number of primary amides is 1.